The van der Waals surface area contributed by atoms with Crippen molar-refractivity contribution in [1.82, 2.24) is 30.2 Å². The molecule has 7 rings (SSSR count). The number of hydrogen-bond acceptors (Lipinski definition) is 6. The molecule has 1 aromatic heterocycles. The number of urea groups is 1. The van der Waals surface area contributed by atoms with Gasteiger partial charge in [-0.2, -0.15) is 4.98 Å². The average Bonchev–Trinajstić information content (AvgIpc) is 3.82. The molecule has 6 fully saturated rings. The molecule has 6 aliphatic rings. The van der Waals surface area contributed by atoms with Crippen molar-refractivity contribution >= 4 is 6.03 Å². The van der Waals surface area contributed by atoms with E-state index in [4.69, 9.17) is 4.52 Å². The van der Waals surface area contributed by atoms with Crippen LogP contribution in [0.15, 0.2) is 4.52 Å². The Kier molecular flexibility index (Phi) is 7.07. The number of amides is 2. The Hall–Kier alpha value is -1.88. The summed E-state index contributed by atoms with van der Waals surface area (Å²) in [6, 6.07) is -0.739. The molecule has 2 amide bonds. The Bertz CT molecular complexity index is 1110. The summed E-state index contributed by atoms with van der Waals surface area (Å²) in [7, 11) is 2.24. The smallest absolute Gasteiger partial charge is 0.317 e. The number of fused-ring (bicyclic) bond motifs is 2. The van der Waals surface area contributed by atoms with Crippen molar-refractivity contribution in [3.63, 3.8) is 0 Å². The molecule has 7 atom stereocenters. The first-order valence-electron chi connectivity index (χ1n) is 16.0. The van der Waals surface area contributed by atoms with Crippen LogP contribution in [0.3, 0.4) is 0 Å². The van der Waals surface area contributed by atoms with Crippen LogP contribution in [0, 0.1) is 5.92 Å². The molecule has 2 bridgehead atoms. The van der Waals surface area contributed by atoms with Crippen LogP contribution in [-0.4, -0.2) is 99.9 Å². The fourth-order valence-corrected chi connectivity index (χ4v) is 8.32. The molecule has 3 aliphatic carbocycles. The number of halogens is 3. The van der Waals surface area contributed by atoms with Crippen LogP contribution < -0.4 is 5.32 Å². The van der Waals surface area contributed by atoms with Gasteiger partial charge < -0.3 is 19.6 Å². The maximum absolute atomic E-state index is 15.6. The van der Waals surface area contributed by atoms with E-state index in [1.54, 1.807) is 4.90 Å². The van der Waals surface area contributed by atoms with Gasteiger partial charge in [-0.3, -0.25) is 4.90 Å². The number of rotatable bonds is 7. The van der Waals surface area contributed by atoms with Crippen molar-refractivity contribution in [3.8, 4) is 0 Å². The molecule has 11 heteroatoms. The summed E-state index contributed by atoms with van der Waals surface area (Å²) < 4.78 is 49.9. The zero-order valence-electron chi connectivity index (χ0n) is 24.4. The Morgan fingerprint density at radius 1 is 1.07 bits per heavy atom. The molecule has 3 saturated carbocycles. The van der Waals surface area contributed by atoms with Crippen molar-refractivity contribution in [2.24, 2.45) is 5.92 Å². The number of likely N-dealkylation sites (tertiary alicyclic amines) is 1. The summed E-state index contributed by atoms with van der Waals surface area (Å²) in [5.41, 5.74) is -0.396. The second-order valence-electron chi connectivity index (χ2n) is 14.4. The van der Waals surface area contributed by atoms with Gasteiger partial charge in [0.05, 0.1) is 5.92 Å². The van der Waals surface area contributed by atoms with Gasteiger partial charge >= 0.3 is 6.03 Å². The highest BCUT2D eigenvalue weighted by Gasteiger charge is 2.55. The maximum Gasteiger partial charge on any atom is 0.317 e. The normalized spacial score (nSPS) is 38.3. The van der Waals surface area contributed by atoms with Crippen LogP contribution in [0.4, 0.5) is 18.0 Å². The van der Waals surface area contributed by atoms with Gasteiger partial charge in [0.2, 0.25) is 5.89 Å². The second kappa shape index (κ2) is 10.4. The molecule has 8 nitrogen and oxygen atoms in total. The molecular weight excluding hydrogens is 533 g/mol. The summed E-state index contributed by atoms with van der Waals surface area (Å²) in [5.74, 6) is -1.48. The number of nitrogens with zero attached hydrogens (tertiary/aromatic N) is 5. The third-order valence-electron chi connectivity index (χ3n) is 11.3. The van der Waals surface area contributed by atoms with Gasteiger partial charge in [-0.25, -0.2) is 18.0 Å². The van der Waals surface area contributed by atoms with Crippen LogP contribution >= 0.6 is 0 Å². The Balaban J connectivity index is 0.994. The quantitative estimate of drug-likeness (QED) is 0.499. The van der Waals surface area contributed by atoms with E-state index in [2.05, 4.69) is 32.3 Å². The highest BCUT2D eigenvalue weighted by atomic mass is 19.3. The van der Waals surface area contributed by atoms with Gasteiger partial charge in [-0.15, -0.1) is 0 Å². The van der Waals surface area contributed by atoms with Crippen LogP contribution in [0.25, 0.3) is 0 Å². The van der Waals surface area contributed by atoms with Crippen molar-refractivity contribution in [2.75, 3.05) is 26.7 Å². The van der Waals surface area contributed by atoms with E-state index in [1.165, 1.54) is 12.8 Å². The highest BCUT2D eigenvalue weighted by molar-refractivity contribution is 5.75. The predicted octanol–water partition coefficient (Wildman–Crippen LogP) is 4.85. The van der Waals surface area contributed by atoms with Gasteiger partial charge in [-0.1, -0.05) is 12.1 Å². The molecular formula is C30H45F3N6O2. The standard InChI is InChI=1S/C30H45F3N6O2/c1-29(27-35-26(41-36-27)22-16-23(22)31)10-12-38(13-11-29)28(40)34-25-24(4-3-9-30(25,32)33)39-19-7-8-20(39)15-21(14-19)37(2)17-18-5-6-18/h18-25H,3-17H2,1-2H3,(H,34,40)/t19-,20+,21?,22-,23+,24+,25-/m1/s1. The van der Waals surface area contributed by atoms with Gasteiger partial charge in [0.25, 0.3) is 5.92 Å². The highest BCUT2D eigenvalue weighted by Crippen LogP contribution is 2.46. The van der Waals surface area contributed by atoms with Crippen LogP contribution in [0.2, 0.25) is 0 Å². The number of hydrogen-bond donors (Lipinski definition) is 1. The van der Waals surface area contributed by atoms with Gasteiger partial charge in [-0.05, 0) is 83.6 Å². The van der Waals surface area contributed by atoms with E-state index in [9.17, 15) is 9.18 Å². The van der Waals surface area contributed by atoms with Crippen molar-refractivity contribution in [1.29, 1.82) is 0 Å². The number of carbonyl (C=O) groups excluding carboxylic acids is 1. The first-order valence-corrected chi connectivity index (χ1v) is 16.0. The molecule has 228 valence electrons. The Morgan fingerprint density at radius 2 is 1.76 bits per heavy atom. The minimum atomic E-state index is -2.93. The topological polar surface area (TPSA) is 77.7 Å². The first-order chi connectivity index (χ1) is 19.6. The SMILES string of the molecule is CN(CC1CC1)C1C[C@H]2CC[C@@H](C1)N2[C@H]1CCCC(F)(F)[C@@H]1NC(=O)N1CCC(C)(c2noc([C@@H]3C[C@@H]3F)n2)CC1. The molecule has 4 heterocycles. The molecule has 1 aromatic rings. The van der Waals surface area contributed by atoms with Crippen LogP contribution in [0.5, 0.6) is 0 Å². The lowest BCUT2D eigenvalue weighted by Gasteiger charge is -2.51. The number of piperidine rings is 2. The third-order valence-corrected chi connectivity index (χ3v) is 11.3. The zero-order chi connectivity index (χ0) is 28.5. The number of nitrogens with one attached hydrogen (secondary N) is 1. The van der Waals surface area contributed by atoms with E-state index in [-0.39, 0.29) is 18.4 Å². The van der Waals surface area contributed by atoms with E-state index in [1.807, 2.05) is 6.92 Å². The lowest BCUT2D eigenvalue weighted by atomic mass is 9.79. The maximum atomic E-state index is 15.6. The summed E-state index contributed by atoms with van der Waals surface area (Å²) >= 11 is 0. The summed E-state index contributed by atoms with van der Waals surface area (Å²) in [4.78, 5) is 24.5. The van der Waals surface area contributed by atoms with Crippen LogP contribution in [-0.2, 0) is 5.41 Å². The van der Waals surface area contributed by atoms with E-state index in [0.717, 1.165) is 38.1 Å². The van der Waals surface area contributed by atoms with E-state index < -0.39 is 29.6 Å². The van der Waals surface area contributed by atoms with Crippen molar-refractivity contribution in [3.05, 3.63) is 11.7 Å². The summed E-state index contributed by atoms with van der Waals surface area (Å²) in [6.45, 7) is 4.04. The first kappa shape index (κ1) is 27.9. The molecule has 41 heavy (non-hydrogen) atoms. The molecule has 0 radical (unpaired) electrons. The molecule has 1 N–H and O–H groups in total. The number of alkyl halides is 3. The van der Waals surface area contributed by atoms with E-state index in [0.29, 0.717) is 75.0 Å². The third kappa shape index (κ3) is 5.38. The largest absolute Gasteiger partial charge is 0.339 e. The fourth-order valence-electron chi connectivity index (χ4n) is 8.32. The second-order valence-corrected chi connectivity index (χ2v) is 14.4. The van der Waals surface area contributed by atoms with Gasteiger partial charge in [0.15, 0.2) is 5.82 Å². The molecule has 3 saturated heterocycles. The van der Waals surface area contributed by atoms with Crippen molar-refractivity contribution < 1.29 is 22.5 Å². The average molecular weight is 579 g/mol. The van der Waals surface area contributed by atoms with Gasteiger partial charge in [0.1, 0.15) is 12.2 Å². The minimum absolute atomic E-state index is 0.177. The molecule has 3 aliphatic heterocycles. The zero-order valence-corrected chi connectivity index (χ0v) is 24.4. The number of aromatic nitrogens is 2. The number of carbonyl (C=O) groups is 1. The Morgan fingerprint density at radius 3 is 2.39 bits per heavy atom. The molecule has 0 spiro atoms. The monoisotopic (exact) mass is 578 g/mol. The summed E-state index contributed by atoms with van der Waals surface area (Å²) in [5, 5.41) is 6.98. The Labute approximate surface area is 240 Å². The van der Waals surface area contributed by atoms with Crippen LogP contribution in [0.1, 0.15) is 102 Å². The van der Waals surface area contributed by atoms with E-state index >= 15 is 8.78 Å². The molecule has 1 unspecified atom stereocenters. The predicted molar refractivity (Wildman–Crippen MR) is 147 cm³/mol. The molecule has 0 aromatic carbocycles. The fraction of sp³-hybridized carbons (Fsp3) is 0.900. The minimum Gasteiger partial charge on any atom is -0.339 e. The van der Waals surface area contributed by atoms with Crippen molar-refractivity contribution in [2.45, 2.75) is 138 Å². The lowest BCUT2D eigenvalue weighted by molar-refractivity contribution is -0.106. The summed E-state index contributed by atoms with van der Waals surface area (Å²) in [6.07, 6.45) is 8.62. The van der Waals surface area contributed by atoms with Gasteiger partial charge in [0, 0.05) is 55.6 Å². The lowest BCUT2D eigenvalue weighted by Crippen LogP contribution is -2.67.